The first-order chi connectivity index (χ1) is 10.2. The molecule has 1 saturated heterocycles. The van der Waals surface area contributed by atoms with Crippen LogP contribution >= 0.6 is 0 Å². The normalized spacial score (nSPS) is 21.6. The van der Waals surface area contributed by atoms with E-state index in [2.05, 4.69) is 60.9 Å². The summed E-state index contributed by atoms with van der Waals surface area (Å²) < 4.78 is 5.26. The van der Waals surface area contributed by atoms with Crippen LogP contribution in [0.2, 0.25) is 0 Å². The molecule has 2 heteroatoms. The van der Waals surface area contributed by atoms with E-state index >= 15 is 0 Å². The van der Waals surface area contributed by atoms with Gasteiger partial charge in [-0.3, -0.25) is 0 Å². The van der Waals surface area contributed by atoms with E-state index in [9.17, 15) is 0 Å². The van der Waals surface area contributed by atoms with E-state index in [1.807, 2.05) is 12.1 Å². The minimum atomic E-state index is 0.351. The number of ether oxygens (including phenoxy) is 1. The van der Waals surface area contributed by atoms with Crippen molar-refractivity contribution < 1.29 is 4.74 Å². The molecular weight excluding hydrogens is 258 g/mol. The van der Waals surface area contributed by atoms with Crippen LogP contribution in [-0.4, -0.2) is 13.2 Å². The molecule has 0 bridgehead atoms. The van der Waals surface area contributed by atoms with Crippen molar-refractivity contribution in [2.45, 2.75) is 25.4 Å². The quantitative estimate of drug-likeness (QED) is 0.762. The summed E-state index contributed by atoms with van der Waals surface area (Å²) in [6, 6.07) is 19.7. The highest BCUT2D eigenvalue weighted by molar-refractivity contribution is 5.56. The van der Waals surface area contributed by atoms with Gasteiger partial charge in [-0.2, -0.15) is 0 Å². The number of nitrogens with zero attached hydrogens (tertiary/aromatic N) is 1. The zero-order valence-corrected chi connectivity index (χ0v) is 12.6. The first-order valence-electron chi connectivity index (χ1n) is 7.35. The molecule has 108 valence electrons. The van der Waals surface area contributed by atoms with Gasteiger partial charge >= 0.3 is 0 Å². The van der Waals surface area contributed by atoms with Crippen LogP contribution in [0.4, 0.5) is 5.69 Å². The van der Waals surface area contributed by atoms with E-state index < -0.39 is 0 Å². The molecular formula is C19H21NO. The standard InChI is InChI=1S/C19H21NO/c1-14-13-19(16-7-5-4-6-8-16)20(15(14)2)17-9-11-18(21-3)12-10-17/h4-12,15,19H,1,13H2,2-3H3/t15-,19+/m1/s1. The van der Waals surface area contributed by atoms with E-state index in [1.54, 1.807) is 7.11 Å². The van der Waals surface area contributed by atoms with Crippen molar-refractivity contribution in [3.05, 3.63) is 72.3 Å². The lowest BCUT2D eigenvalue weighted by Gasteiger charge is -2.31. The van der Waals surface area contributed by atoms with E-state index in [1.165, 1.54) is 16.8 Å². The maximum Gasteiger partial charge on any atom is 0.119 e. The molecule has 21 heavy (non-hydrogen) atoms. The third kappa shape index (κ3) is 2.54. The molecule has 0 saturated carbocycles. The van der Waals surface area contributed by atoms with Crippen molar-refractivity contribution in [3.8, 4) is 5.75 Å². The van der Waals surface area contributed by atoms with Gasteiger partial charge in [-0.25, -0.2) is 0 Å². The Kier molecular flexibility index (Phi) is 3.70. The fourth-order valence-electron chi connectivity index (χ4n) is 3.10. The van der Waals surface area contributed by atoms with E-state index in [4.69, 9.17) is 4.74 Å². The van der Waals surface area contributed by atoms with Crippen LogP contribution in [0.15, 0.2) is 66.7 Å². The van der Waals surface area contributed by atoms with Crippen molar-refractivity contribution >= 4 is 5.69 Å². The Morgan fingerprint density at radius 3 is 2.33 bits per heavy atom. The second-order valence-electron chi connectivity index (χ2n) is 5.57. The Morgan fingerprint density at radius 2 is 1.71 bits per heavy atom. The van der Waals surface area contributed by atoms with Crippen LogP contribution in [0.5, 0.6) is 5.75 Å². The average molecular weight is 279 g/mol. The molecule has 2 aromatic rings. The van der Waals surface area contributed by atoms with Crippen LogP contribution in [-0.2, 0) is 0 Å². The van der Waals surface area contributed by atoms with Gasteiger partial charge in [-0.1, -0.05) is 42.5 Å². The number of benzene rings is 2. The lowest BCUT2D eigenvalue weighted by Crippen LogP contribution is -2.29. The highest BCUT2D eigenvalue weighted by Crippen LogP contribution is 2.42. The smallest absolute Gasteiger partial charge is 0.119 e. The summed E-state index contributed by atoms with van der Waals surface area (Å²) in [5.74, 6) is 0.890. The van der Waals surface area contributed by atoms with Crippen LogP contribution in [0, 0.1) is 0 Å². The Bertz CT molecular complexity index is 618. The maximum absolute atomic E-state index is 5.26. The molecule has 0 N–H and O–H groups in total. The number of methoxy groups -OCH3 is 1. The molecule has 2 nitrogen and oxygen atoms in total. The van der Waals surface area contributed by atoms with Crippen molar-refractivity contribution in [2.24, 2.45) is 0 Å². The highest BCUT2D eigenvalue weighted by Gasteiger charge is 2.34. The van der Waals surface area contributed by atoms with Crippen LogP contribution < -0.4 is 9.64 Å². The maximum atomic E-state index is 5.26. The van der Waals surface area contributed by atoms with Crippen molar-refractivity contribution in [1.29, 1.82) is 0 Å². The first-order valence-corrected chi connectivity index (χ1v) is 7.35. The van der Waals surface area contributed by atoms with E-state index in [0.717, 1.165) is 12.2 Å². The van der Waals surface area contributed by atoms with Gasteiger partial charge in [0, 0.05) is 11.7 Å². The zero-order valence-electron chi connectivity index (χ0n) is 12.6. The second kappa shape index (κ2) is 5.65. The van der Waals surface area contributed by atoms with Gasteiger partial charge in [0.1, 0.15) is 5.75 Å². The molecule has 1 aliphatic rings. The number of rotatable bonds is 3. The van der Waals surface area contributed by atoms with Crippen LogP contribution in [0.25, 0.3) is 0 Å². The van der Waals surface area contributed by atoms with Crippen molar-refractivity contribution in [2.75, 3.05) is 12.0 Å². The predicted octanol–water partition coefficient (Wildman–Crippen LogP) is 4.59. The minimum absolute atomic E-state index is 0.351. The lowest BCUT2D eigenvalue weighted by molar-refractivity contribution is 0.415. The Labute approximate surface area is 126 Å². The van der Waals surface area contributed by atoms with Crippen LogP contribution in [0.1, 0.15) is 24.9 Å². The predicted molar refractivity (Wildman–Crippen MR) is 87.9 cm³/mol. The summed E-state index contributed by atoms with van der Waals surface area (Å²) in [4.78, 5) is 2.46. The Balaban J connectivity index is 1.97. The van der Waals surface area contributed by atoms with Gasteiger partial charge in [0.05, 0.1) is 13.2 Å². The summed E-state index contributed by atoms with van der Waals surface area (Å²) in [6.45, 7) is 6.49. The molecule has 2 atom stereocenters. The molecule has 1 heterocycles. The summed E-state index contributed by atoms with van der Waals surface area (Å²) in [5.41, 5.74) is 3.86. The molecule has 0 aromatic heterocycles. The Hall–Kier alpha value is -2.22. The topological polar surface area (TPSA) is 12.5 Å². The van der Waals surface area contributed by atoms with Gasteiger partial charge < -0.3 is 9.64 Å². The summed E-state index contributed by atoms with van der Waals surface area (Å²) in [7, 11) is 1.70. The number of hydrogen-bond acceptors (Lipinski definition) is 2. The summed E-state index contributed by atoms with van der Waals surface area (Å²) in [5, 5.41) is 0. The van der Waals surface area contributed by atoms with Gasteiger partial charge in [0.25, 0.3) is 0 Å². The fraction of sp³-hybridized carbons (Fsp3) is 0.263. The molecule has 0 aliphatic carbocycles. The number of hydrogen-bond donors (Lipinski definition) is 0. The molecule has 3 rings (SSSR count). The SMILES string of the molecule is C=C1C[C@@H](c2ccccc2)N(c2ccc(OC)cc2)[C@@H]1C. The summed E-state index contributed by atoms with van der Waals surface area (Å²) >= 11 is 0. The van der Waals surface area contributed by atoms with Crippen molar-refractivity contribution in [3.63, 3.8) is 0 Å². The molecule has 0 unspecified atom stereocenters. The highest BCUT2D eigenvalue weighted by atomic mass is 16.5. The van der Waals surface area contributed by atoms with Gasteiger partial charge in [0.15, 0.2) is 0 Å². The van der Waals surface area contributed by atoms with E-state index in [-0.39, 0.29) is 0 Å². The van der Waals surface area contributed by atoms with Gasteiger partial charge in [-0.05, 0) is 43.2 Å². The third-order valence-electron chi connectivity index (χ3n) is 4.35. The third-order valence-corrected chi connectivity index (χ3v) is 4.35. The van der Waals surface area contributed by atoms with Gasteiger partial charge in [0.2, 0.25) is 0 Å². The first kappa shape index (κ1) is 13.7. The zero-order chi connectivity index (χ0) is 14.8. The largest absolute Gasteiger partial charge is 0.497 e. The molecule has 2 aromatic carbocycles. The van der Waals surface area contributed by atoms with Crippen LogP contribution in [0.3, 0.4) is 0 Å². The average Bonchev–Trinajstić information content (AvgIpc) is 2.84. The molecule has 1 aliphatic heterocycles. The molecule has 0 radical (unpaired) electrons. The lowest BCUT2D eigenvalue weighted by atomic mass is 10.0. The molecule has 1 fully saturated rings. The fourth-order valence-corrected chi connectivity index (χ4v) is 3.10. The molecule has 0 spiro atoms. The van der Waals surface area contributed by atoms with Crippen molar-refractivity contribution in [1.82, 2.24) is 0 Å². The minimum Gasteiger partial charge on any atom is -0.497 e. The Morgan fingerprint density at radius 1 is 1.05 bits per heavy atom. The number of anilines is 1. The van der Waals surface area contributed by atoms with E-state index in [0.29, 0.717) is 12.1 Å². The molecule has 0 amide bonds. The summed E-state index contributed by atoms with van der Waals surface area (Å²) in [6.07, 6.45) is 1.01. The monoisotopic (exact) mass is 279 g/mol. The second-order valence-corrected chi connectivity index (χ2v) is 5.57. The van der Waals surface area contributed by atoms with Gasteiger partial charge in [-0.15, -0.1) is 0 Å².